The summed E-state index contributed by atoms with van der Waals surface area (Å²) in [6, 6.07) is 13.8. The molecule has 2 aromatic rings. The number of rotatable bonds is 6. The van der Waals surface area contributed by atoms with E-state index in [1.807, 2.05) is 45.0 Å². The van der Waals surface area contributed by atoms with Gasteiger partial charge in [0.15, 0.2) is 0 Å². The lowest BCUT2D eigenvalue weighted by Crippen LogP contribution is -2.33. The van der Waals surface area contributed by atoms with Gasteiger partial charge in [0.2, 0.25) is 15.9 Å². The van der Waals surface area contributed by atoms with Crippen LogP contribution in [0.25, 0.3) is 0 Å². The Balaban J connectivity index is 2.08. The Hall–Kier alpha value is -2.18. The van der Waals surface area contributed by atoms with Crippen LogP contribution in [0.15, 0.2) is 53.4 Å². The Morgan fingerprint density at radius 2 is 1.68 bits per heavy atom. The molecule has 0 bridgehead atoms. The van der Waals surface area contributed by atoms with Gasteiger partial charge in [-0.05, 0) is 56.2 Å². The van der Waals surface area contributed by atoms with Gasteiger partial charge in [0.05, 0.1) is 11.3 Å². The van der Waals surface area contributed by atoms with E-state index in [0.717, 1.165) is 11.1 Å². The zero-order chi connectivity index (χ0) is 18.6. The maximum absolute atomic E-state index is 12.4. The quantitative estimate of drug-likeness (QED) is 0.860. The van der Waals surface area contributed by atoms with Gasteiger partial charge in [-0.15, -0.1) is 0 Å². The number of nitrogens with zero attached hydrogens (tertiary/aromatic N) is 1. The van der Waals surface area contributed by atoms with Crippen LogP contribution in [0.1, 0.15) is 25.0 Å². The highest BCUT2D eigenvalue weighted by Gasteiger charge is 2.22. The van der Waals surface area contributed by atoms with E-state index in [1.165, 1.54) is 16.4 Å². The number of benzene rings is 2. The lowest BCUT2D eigenvalue weighted by Gasteiger charge is -2.21. The molecule has 0 heterocycles. The molecule has 0 aliphatic rings. The van der Waals surface area contributed by atoms with E-state index in [1.54, 1.807) is 19.2 Å². The molecule has 2 aromatic carbocycles. The van der Waals surface area contributed by atoms with Gasteiger partial charge >= 0.3 is 0 Å². The molecule has 25 heavy (non-hydrogen) atoms. The molecule has 0 radical (unpaired) electrons. The minimum atomic E-state index is -3.52. The van der Waals surface area contributed by atoms with E-state index in [9.17, 15) is 13.2 Å². The summed E-state index contributed by atoms with van der Waals surface area (Å²) in [5.74, 6) is -0.135. The molecule has 0 saturated carbocycles. The van der Waals surface area contributed by atoms with Gasteiger partial charge in [-0.3, -0.25) is 4.79 Å². The minimum absolute atomic E-state index is 0.126. The van der Waals surface area contributed by atoms with E-state index in [0.29, 0.717) is 5.69 Å². The first kappa shape index (κ1) is 19.1. The van der Waals surface area contributed by atoms with Crippen LogP contribution in [-0.4, -0.2) is 31.7 Å². The normalized spacial score (nSPS) is 11.8. The number of hydrogen-bond acceptors (Lipinski definition) is 3. The van der Waals surface area contributed by atoms with Crippen molar-refractivity contribution in [1.29, 1.82) is 0 Å². The Morgan fingerprint density at radius 1 is 1.08 bits per heavy atom. The first-order valence-corrected chi connectivity index (χ1v) is 9.58. The van der Waals surface area contributed by atoms with Crippen LogP contribution in [0.3, 0.4) is 0 Å². The Labute approximate surface area is 149 Å². The van der Waals surface area contributed by atoms with Crippen LogP contribution in [0.2, 0.25) is 0 Å². The standard InChI is InChI=1S/C19H24N2O3S/c1-14(2)21(4)25(23,24)18-11-9-17(10-12-18)20-19(22)13-16-8-6-5-7-15(16)3/h5-12,14H,13H2,1-4H3,(H,20,22). The summed E-state index contributed by atoms with van der Waals surface area (Å²) in [6.07, 6.45) is 0.281. The molecule has 6 heteroatoms. The number of anilines is 1. The zero-order valence-corrected chi connectivity index (χ0v) is 15.8. The highest BCUT2D eigenvalue weighted by Crippen LogP contribution is 2.19. The third kappa shape index (κ3) is 4.67. The monoisotopic (exact) mass is 360 g/mol. The molecule has 1 amide bonds. The molecule has 0 spiro atoms. The highest BCUT2D eigenvalue weighted by molar-refractivity contribution is 7.89. The molecule has 0 unspecified atom stereocenters. The second-order valence-electron chi connectivity index (χ2n) is 6.29. The summed E-state index contributed by atoms with van der Waals surface area (Å²) in [4.78, 5) is 12.4. The van der Waals surface area contributed by atoms with Crippen LogP contribution in [0.5, 0.6) is 0 Å². The predicted octanol–water partition coefficient (Wildman–Crippen LogP) is 3.21. The second-order valence-corrected chi connectivity index (χ2v) is 8.29. The van der Waals surface area contributed by atoms with Gasteiger partial charge < -0.3 is 5.32 Å². The van der Waals surface area contributed by atoms with Crippen LogP contribution >= 0.6 is 0 Å². The Bertz CT molecular complexity index is 843. The molecule has 0 fully saturated rings. The van der Waals surface area contributed by atoms with Crippen molar-refractivity contribution >= 4 is 21.6 Å². The number of carbonyl (C=O) groups is 1. The first-order valence-electron chi connectivity index (χ1n) is 8.14. The fourth-order valence-corrected chi connectivity index (χ4v) is 3.71. The van der Waals surface area contributed by atoms with Crippen LogP contribution in [0.4, 0.5) is 5.69 Å². The lowest BCUT2D eigenvalue weighted by atomic mass is 10.1. The summed E-state index contributed by atoms with van der Waals surface area (Å²) >= 11 is 0. The molecule has 0 saturated heterocycles. The Morgan fingerprint density at radius 3 is 2.24 bits per heavy atom. The maximum Gasteiger partial charge on any atom is 0.243 e. The van der Waals surface area contributed by atoms with Crippen LogP contribution < -0.4 is 5.32 Å². The average molecular weight is 360 g/mol. The predicted molar refractivity (Wildman–Crippen MR) is 100 cm³/mol. The molecule has 2 rings (SSSR count). The largest absolute Gasteiger partial charge is 0.326 e. The molecular formula is C19H24N2O3S. The van der Waals surface area contributed by atoms with Crippen molar-refractivity contribution in [3.63, 3.8) is 0 Å². The topological polar surface area (TPSA) is 66.5 Å². The van der Waals surface area contributed by atoms with Gasteiger partial charge in [0, 0.05) is 18.8 Å². The van der Waals surface area contributed by atoms with Gasteiger partial charge in [0.25, 0.3) is 0 Å². The summed E-state index contributed by atoms with van der Waals surface area (Å²) in [7, 11) is -1.96. The molecule has 0 aromatic heterocycles. The summed E-state index contributed by atoms with van der Waals surface area (Å²) in [5, 5.41) is 2.80. The van der Waals surface area contributed by atoms with Crippen molar-refractivity contribution < 1.29 is 13.2 Å². The highest BCUT2D eigenvalue weighted by atomic mass is 32.2. The smallest absolute Gasteiger partial charge is 0.243 e. The van der Waals surface area contributed by atoms with Crippen molar-refractivity contribution in [1.82, 2.24) is 4.31 Å². The molecule has 0 aliphatic heterocycles. The fourth-order valence-electron chi connectivity index (χ4n) is 2.34. The van der Waals surface area contributed by atoms with Crippen molar-refractivity contribution in [2.45, 2.75) is 38.1 Å². The SMILES string of the molecule is Cc1ccccc1CC(=O)Nc1ccc(S(=O)(=O)N(C)C(C)C)cc1. The van der Waals surface area contributed by atoms with E-state index in [4.69, 9.17) is 0 Å². The third-order valence-electron chi connectivity index (χ3n) is 4.15. The number of carbonyl (C=O) groups excluding carboxylic acids is 1. The number of aryl methyl sites for hydroxylation is 1. The summed E-state index contributed by atoms with van der Waals surface area (Å²) < 4.78 is 26.2. The number of sulfonamides is 1. The third-order valence-corrected chi connectivity index (χ3v) is 6.20. The molecule has 0 atom stereocenters. The number of hydrogen-bond donors (Lipinski definition) is 1. The average Bonchev–Trinajstić information content (AvgIpc) is 2.56. The van der Waals surface area contributed by atoms with E-state index in [2.05, 4.69) is 5.32 Å². The molecule has 134 valence electrons. The molecule has 5 nitrogen and oxygen atoms in total. The fraction of sp³-hybridized carbons (Fsp3) is 0.316. The van der Waals surface area contributed by atoms with Gasteiger partial charge in [0.1, 0.15) is 0 Å². The number of nitrogens with one attached hydrogen (secondary N) is 1. The van der Waals surface area contributed by atoms with Gasteiger partial charge in [-0.1, -0.05) is 24.3 Å². The van der Waals surface area contributed by atoms with E-state index >= 15 is 0 Å². The molecular weight excluding hydrogens is 336 g/mol. The minimum Gasteiger partial charge on any atom is -0.326 e. The molecule has 1 N–H and O–H groups in total. The maximum atomic E-state index is 12.4. The first-order chi connectivity index (χ1) is 11.7. The van der Waals surface area contributed by atoms with Crippen LogP contribution in [0, 0.1) is 6.92 Å². The molecule has 0 aliphatic carbocycles. The number of amides is 1. The van der Waals surface area contributed by atoms with Crippen molar-refractivity contribution in [2.75, 3.05) is 12.4 Å². The van der Waals surface area contributed by atoms with E-state index in [-0.39, 0.29) is 23.3 Å². The van der Waals surface area contributed by atoms with E-state index < -0.39 is 10.0 Å². The lowest BCUT2D eigenvalue weighted by molar-refractivity contribution is -0.115. The van der Waals surface area contributed by atoms with Gasteiger partial charge in [-0.25, -0.2) is 8.42 Å². The van der Waals surface area contributed by atoms with Crippen molar-refractivity contribution in [2.24, 2.45) is 0 Å². The Kier molecular flexibility index (Phi) is 5.98. The van der Waals surface area contributed by atoms with Crippen molar-refractivity contribution in [3.05, 3.63) is 59.7 Å². The summed E-state index contributed by atoms with van der Waals surface area (Å²) in [5.41, 5.74) is 2.61. The second kappa shape index (κ2) is 7.80. The summed E-state index contributed by atoms with van der Waals surface area (Å²) in [6.45, 7) is 5.60. The van der Waals surface area contributed by atoms with Crippen LogP contribution in [-0.2, 0) is 21.2 Å². The van der Waals surface area contributed by atoms with Crippen molar-refractivity contribution in [3.8, 4) is 0 Å². The zero-order valence-electron chi connectivity index (χ0n) is 15.0. The van der Waals surface area contributed by atoms with Gasteiger partial charge in [-0.2, -0.15) is 4.31 Å².